The highest BCUT2D eigenvalue weighted by Crippen LogP contribution is 2.42. The van der Waals surface area contributed by atoms with Gasteiger partial charge < -0.3 is 5.11 Å². The van der Waals surface area contributed by atoms with E-state index in [1.807, 2.05) is 13.0 Å². The summed E-state index contributed by atoms with van der Waals surface area (Å²) in [5.74, 6) is 0.0830. The summed E-state index contributed by atoms with van der Waals surface area (Å²) in [6.07, 6.45) is 7.64. The van der Waals surface area contributed by atoms with Crippen LogP contribution in [0.25, 0.3) is 0 Å². The van der Waals surface area contributed by atoms with Gasteiger partial charge in [0.15, 0.2) is 0 Å². The van der Waals surface area contributed by atoms with Gasteiger partial charge in [-0.3, -0.25) is 0 Å². The summed E-state index contributed by atoms with van der Waals surface area (Å²) >= 11 is 0. The minimum atomic E-state index is -0.646. The maximum Gasteiger partial charge on any atom is 0.0950 e. The van der Waals surface area contributed by atoms with Crippen molar-refractivity contribution in [2.24, 2.45) is 5.92 Å². The van der Waals surface area contributed by atoms with E-state index >= 15 is 0 Å². The van der Waals surface area contributed by atoms with Crippen molar-refractivity contribution in [1.82, 2.24) is 0 Å². The molecule has 0 aliphatic heterocycles. The van der Waals surface area contributed by atoms with E-state index < -0.39 is 5.60 Å². The predicted octanol–water partition coefficient (Wildman–Crippen LogP) is 2.32. The molecule has 1 saturated carbocycles. The summed E-state index contributed by atoms with van der Waals surface area (Å²) in [6, 6.07) is 2.26. The average Bonchev–Trinajstić information content (AvgIpc) is 2.17. The van der Waals surface area contributed by atoms with Crippen molar-refractivity contribution in [2.45, 2.75) is 38.2 Å². The van der Waals surface area contributed by atoms with E-state index in [1.54, 1.807) is 0 Å². The van der Waals surface area contributed by atoms with Crippen LogP contribution in [0.1, 0.15) is 32.6 Å². The zero-order chi connectivity index (χ0) is 10.2. The first-order chi connectivity index (χ1) is 6.65. The molecule has 0 aromatic carbocycles. The molecule has 1 N–H and O–H groups in total. The summed E-state index contributed by atoms with van der Waals surface area (Å²) < 4.78 is 0. The van der Waals surface area contributed by atoms with Crippen molar-refractivity contribution < 1.29 is 5.11 Å². The second-order valence-electron chi connectivity index (χ2n) is 4.44. The van der Waals surface area contributed by atoms with Gasteiger partial charge in [-0.25, -0.2) is 0 Å². The van der Waals surface area contributed by atoms with Gasteiger partial charge in [0.05, 0.1) is 11.7 Å². The molecule has 74 valence electrons. The van der Waals surface area contributed by atoms with E-state index in [0.717, 1.165) is 31.3 Å². The number of hydrogen-bond acceptors (Lipinski definition) is 2. The molecular weight excluding hydrogens is 174 g/mol. The van der Waals surface area contributed by atoms with Crippen LogP contribution in [0.15, 0.2) is 23.3 Å². The van der Waals surface area contributed by atoms with Crippen molar-refractivity contribution in [2.75, 3.05) is 0 Å². The van der Waals surface area contributed by atoms with E-state index in [-0.39, 0.29) is 5.92 Å². The number of aliphatic hydroxyl groups is 1. The molecule has 0 heterocycles. The highest BCUT2D eigenvalue weighted by atomic mass is 16.3. The molecular formula is C12H15NO. The van der Waals surface area contributed by atoms with E-state index in [9.17, 15) is 5.11 Å². The molecule has 14 heavy (non-hydrogen) atoms. The molecule has 1 fully saturated rings. The SMILES string of the molecule is C[C@]1(O)CCCC2=C(C#N)CC=C[C@@H]21. The third-order valence-electron chi connectivity index (χ3n) is 3.35. The molecule has 2 aliphatic carbocycles. The molecule has 0 amide bonds. The van der Waals surface area contributed by atoms with Crippen molar-refractivity contribution in [3.8, 4) is 6.07 Å². The van der Waals surface area contributed by atoms with Gasteiger partial charge >= 0.3 is 0 Å². The molecule has 0 spiro atoms. The summed E-state index contributed by atoms with van der Waals surface area (Å²) in [5, 5.41) is 19.2. The lowest BCUT2D eigenvalue weighted by Gasteiger charge is -2.39. The highest BCUT2D eigenvalue weighted by Gasteiger charge is 2.38. The standard InChI is InChI=1S/C12H15NO/c1-12(14)7-3-5-10-9(8-13)4-2-6-11(10)12/h2,6,11,14H,3-5,7H2,1H3/t11-,12-/m0/s1. The quantitative estimate of drug-likeness (QED) is 0.594. The van der Waals surface area contributed by atoms with Crippen LogP contribution in [0.5, 0.6) is 0 Å². The van der Waals surface area contributed by atoms with Crippen LogP contribution in [-0.4, -0.2) is 10.7 Å². The summed E-state index contributed by atoms with van der Waals surface area (Å²) in [5.41, 5.74) is 1.40. The van der Waals surface area contributed by atoms with Gasteiger partial charge in [0.2, 0.25) is 0 Å². The van der Waals surface area contributed by atoms with Gasteiger partial charge in [-0.1, -0.05) is 12.2 Å². The molecule has 2 aliphatic rings. The van der Waals surface area contributed by atoms with Crippen LogP contribution in [-0.2, 0) is 0 Å². The molecule has 0 bridgehead atoms. The third kappa shape index (κ3) is 1.38. The topological polar surface area (TPSA) is 44.0 Å². The summed E-state index contributed by atoms with van der Waals surface area (Å²) in [6.45, 7) is 1.88. The fourth-order valence-electron chi connectivity index (χ4n) is 2.56. The number of fused-ring (bicyclic) bond motifs is 1. The Bertz CT molecular complexity index is 344. The average molecular weight is 189 g/mol. The molecule has 0 saturated heterocycles. The Labute approximate surface area is 84.5 Å². The van der Waals surface area contributed by atoms with Crippen LogP contribution in [0.3, 0.4) is 0 Å². The lowest BCUT2D eigenvalue weighted by Crippen LogP contribution is -2.39. The Morgan fingerprint density at radius 1 is 1.64 bits per heavy atom. The Morgan fingerprint density at radius 2 is 2.43 bits per heavy atom. The third-order valence-corrected chi connectivity index (χ3v) is 3.35. The van der Waals surface area contributed by atoms with Crippen LogP contribution in [0, 0.1) is 17.2 Å². The predicted molar refractivity (Wildman–Crippen MR) is 54.4 cm³/mol. The van der Waals surface area contributed by atoms with E-state index in [1.165, 1.54) is 5.57 Å². The molecule has 0 unspecified atom stereocenters. The molecule has 2 atom stereocenters. The van der Waals surface area contributed by atoms with Crippen molar-refractivity contribution in [1.29, 1.82) is 5.26 Å². The van der Waals surface area contributed by atoms with Gasteiger partial charge in [-0.05, 0) is 31.8 Å². The molecule has 2 rings (SSSR count). The number of nitrogens with zero attached hydrogens (tertiary/aromatic N) is 1. The van der Waals surface area contributed by atoms with Gasteiger partial charge in [0.1, 0.15) is 0 Å². The van der Waals surface area contributed by atoms with Crippen molar-refractivity contribution in [3.63, 3.8) is 0 Å². The fourth-order valence-corrected chi connectivity index (χ4v) is 2.56. The minimum Gasteiger partial charge on any atom is -0.389 e. The van der Waals surface area contributed by atoms with Gasteiger partial charge in [-0.2, -0.15) is 5.26 Å². The first-order valence-corrected chi connectivity index (χ1v) is 5.16. The van der Waals surface area contributed by atoms with Crippen LogP contribution < -0.4 is 0 Å². The van der Waals surface area contributed by atoms with Crippen LogP contribution >= 0.6 is 0 Å². The fraction of sp³-hybridized carbons (Fsp3) is 0.583. The van der Waals surface area contributed by atoms with Crippen molar-refractivity contribution in [3.05, 3.63) is 23.3 Å². The maximum atomic E-state index is 10.2. The normalized spacial score (nSPS) is 36.5. The maximum absolute atomic E-state index is 10.2. The van der Waals surface area contributed by atoms with E-state index in [2.05, 4.69) is 12.1 Å². The zero-order valence-electron chi connectivity index (χ0n) is 8.45. The lowest BCUT2D eigenvalue weighted by molar-refractivity contribution is 0.00731. The molecule has 0 radical (unpaired) electrons. The number of allylic oxidation sites excluding steroid dienone is 2. The van der Waals surface area contributed by atoms with E-state index in [4.69, 9.17) is 5.26 Å². The lowest BCUT2D eigenvalue weighted by atomic mass is 9.69. The second-order valence-corrected chi connectivity index (χ2v) is 4.44. The van der Waals surface area contributed by atoms with Crippen LogP contribution in [0.4, 0.5) is 0 Å². The van der Waals surface area contributed by atoms with Crippen LogP contribution in [0.2, 0.25) is 0 Å². The Kier molecular flexibility index (Phi) is 2.20. The molecule has 2 nitrogen and oxygen atoms in total. The highest BCUT2D eigenvalue weighted by molar-refractivity contribution is 5.39. The second kappa shape index (κ2) is 3.25. The number of hydrogen-bond donors (Lipinski definition) is 1. The summed E-state index contributed by atoms with van der Waals surface area (Å²) in [7, 11) is 0. The van der Waals surface area contributed by atoms with Gasteiger partial charge in [0, 0.05) is 17.9 Å². The van der Waals surface area contributed by atoms with Crippen molar-refractivity contribution >= 4 is 0 Å². The Balaban J connectivity index is 2.40. The zero-order valence-corrected chi connectivity index (χ0v) is 8.45. The van der Waals surface area contributed by atoms with Gasteiger partial charge in [0.25, 0.3) is 0 Å². The number of rotatable bonds is 0. The summed E-state index contributed by atoms with van der Waals surface area (Å²) in [4.78, 5) is 0. The van der Waals surface area contributed by atoms with Gasteiger partial charge in [-0.15, -0.1) is 0 Å². The van der Waals surface area contributed by atoms with E-state index in [0.29, 0.717) is 0 Å². The minimum absolute atomic E-state index is 0.0830. The Hall–Kier alpha value is -1.07. The molecule has 2 heteroatoms. The number of nitriles is 1. The monoisotopic (exact) mass is 189 g/mol. The first kappa shape index (κ1) is 9.48. The first-order valence-electron chi connectivity index (χ1n) is 5.16. The largest absolute Gasteiger partial charge is 0.389 e. The Morgan fingerprint density at radius 3 is 3.14 bits per heavy atom. The molecule has 0 aromatic heterocycles. The molecule has 0 aromatic rings. The smallest absolute Gasteiger partial charge is 0.0950 e.